The SMILES string of the molecule is C=CC(=O)Nc1cc(Nc2cc(C(=O)c3ccc(OCC)cc3)ccn2)c(OC)cc1N(C)CCN(C)C. The molecule has 0 spiro atoms. The van der Waals surface area contributed by atoms with E-state index in [1.54, 1.807) is 55.8 Å². The number of nitrogens with zero attached hydrogens (tertiary/aromatic N) is 3. The lowest BCUT2D eigenvalue weighted by molar-refractivity contribution is -0.111. The topological polar surface area (TPSA) is 96.0 Å². The quantitative estimate of drug-likeness (QED) is 0.251. The number of methoxy groups -OCH3 is 1. The molecule has 2 N–H and O–H groups in total. The van der Waals surface area contributed by atoms with E-state index in [0.29, 0.717) is 46.4 Å². The van der Waals surface area contributed by atoms with Gasteiger partial charge in [-0.15, -0.1) is 0 Å². The fourth-order valence-electron chi connectivity index (χ4n) is 3.72. The predicted octanol–water partition coefficient (Wildman–Crippen LogP) is 4.59. The zero-order valence-corrected chi connectivity index (χ0v) is 22.6. The summed E-state index contributed by atoms with van der Waals surface area (Å²) in [7, 11) is 7.53. The molecule has 0 aliphatic rings. The van der Waals surface area contributed by atoms with Crippen LogP contribution >= 0.6 is 0 Å². The van der Waals surface area contributed by atoms with Crippen molar-refractivity contribution in [2.24, 2.45) is 0 Å². The smallest absolute Gasteiger partial charge is 0.247 e. The van der Waals surface area contributed by atoms with Crippen molar-refractivity contribution in [2.45, 2.75) is 6.92 Å². The lowest BCUT2D eigenvalue weighted by Crippen LogP contribution is -2.29. The summed E-state index contributed by atoms with van der Waals surface area (Å²) < 4.78 is 11.1. The molecule has 0 unspecified atom stereocenters. The van der Waals surface area contributed by atoms with Crippen LogP contribution in [0.4, 0.5) is 22.9 Å². The summed E-state index contributed by atoms with van der Waals surface area (Å²) in [5.74, 6) is 1.25. The highest BCUT2D eigenvalue weighted by Crippen LogP contribution is 2.38. The Morgan fingerprint density at radius 3 is 2.37 bits per heavy atom. The van der Waals surface area contributed by atoms with Crippen LogP contribution in [-0.4, -0.2) is 69.5 Å². The van der Waals surface area contributed by atoms with Gasteiger partial charge < -0.3 is 29.9 Å². The van der Waals surface area contributed by atoms with Crippen molar-refractivity contribution in [3.05, 3.63) is 78.5 Å². The second-order valence-electron chi connectivity index (χ2n) is 8.83. The van der Waals surface area contributed by atoms with E-state index in [4.69, 9.17) is 9.47 Å². The molecule has 0 saturated heterocycles. The second-order valence-corrected chi connectivity index (χ2v) is 8.83. The van der Waals surface area contributed by atoms with Gasteiger partial charge in [0.1, 0.15) is 17.3 Å². The van der Waals surface area contributed by atoms with Crippen LogP contribution in [0.25, 0.3) is 0 Å². The highest BCUT2D eigenvalue weighted by molar-refractivity contribution is 6.09. The third-order valence-corrected chi connectivity index (χ3v) is 5.77. The zero-order chi connectivity index (χ0) is 27.7. The fraction of sp³-hybridized carbons (Fsp3) is 0.276. The first-order chi connectivity index (χ1) is 18.2. The summed E-state index contributed by atoms with van der Waals surface area (Å²) >= 11 is 0. The molecule has 0 saturated carbocycles. The summed E-state index contributed by atoms with van der Waals surface area (Å²) in [5, 5.41) is 6.11. The number of anilines is 4. The molecule has 1 aromatic heterocycles. The molecule has 0 aliphatic heterocycles. The summed E-state index contributed by atoms with van der Waals surface area (Å²) in [5.41, 5.74) is 2.97. The third kappa shape index (κ3) is 7.33. The van der Waals surface area contributed by atoms with E-state index < -0.39 is 0 Å². The van der Waals surface area contributed by atoms with Gasteiger partial charge in [0, 0.05) is 43.5 Å². The van der Waals surface area contributed by atoms with E-state index in [0.717, 1.165) is 18.8 Å². The van der Waals surface area contributed by atoms with Crippen LogP contribution in [0.15, 0.2) is 67.4 Å². The van der Waals surface area contributed by atoms with Gasteiger partial charge in [0.15, 0.2) is 5.78 Å². The van der Waals surface area contributed by atoms with Crippen molar-refractivity contribution in [1.29, 1.82) is 0 Å². The van der Waals surface area contributed by atoms with Crippen LogP contribution in [-0.2, 0) is 4.79 Å². The van der Waals surface area contributed by atoms with Gasteiger partial charge in [-0.1, -0.05) is 6.58 Å². The molecule has 0 atom stereocenters. The number of likely N-dealkylation sites (N-methyl/N-ethyl adjacent to an activating group) is 2. The number of ketones is 1. The maximum atomic E-state index is 13.1. The number of hydrogen-bond acceptors (Lipinski definition) is 8. The number of benzene rings is 2. The fourth-order valence-corrected chi connectivity index (χ4v) is 3.72. The first-order valence-electron chi connectivity index (χ1n) is 12.3. The number of amides is 1. The predicted molar refractivity (Wildman–Crippen MR) is 152 cm³/mol. The number of hydrogen-bond donors (Lipinski definition) is 2. The lowest BCUT2D eigenvalue weighted by atomic mass is 10.0. The molecule has 2 aromatic carbocycles. The molecule has 38 heavy (non-hydrogen) atoms. The molecule has 1 amide bonds. The third-order valence-electron chi connectivity index (χ3n) is 5.77. The van der Waals surface area contributed by atoms with Crippen molar-refractivity contribution in [2.75, 3.05) is 63.5 Å². The number of carbonyl (C=O) groups is 2. The van der Waals surface area contributed by atoms with Crippen LogP contribution in [0.3, 0.4) is 0 Å². The van der Waals surface area contributed by atoms with Gasteiger partial charge in [0.05, 0.1) is 30.8 Å². The minimum Gasteiger partial charge on any atom is -0.494 e. The first-order valence-corrected chi connectivity index (χ1v) is 12.3. The second kappa shape index (κ2) is 13.3. The number of aromatic nitrogens is 1. The molecular formula is C29H35N5O4. The molecule has 200 valence electrons. The average Bonchev–Trinajstić information content (AvgIpc) is 2.92. The Morgan fingerprint density at radius 1 is 1.00 bits per heavy atom. The maximum absolute atomic E-state index is 13.1. The molecule has 9 heteroatoms. The highest BCUT2D eigenvalue weighted by atomic mass is 16.5. The number of carbonyl (C=O) groups excluding carboxylic acids is 2. The van der Waals surface area contributed by atoms with Crippen molar-refractivity contribution in [3.63, 3.8) is 0 Å². The Hall–Kier alpha value is -4.37. The van der Waals surface area contributed by atoms with Crippen molar-refractivity contribution >= 4 is 34.6 Å². The largest absolute Gasteiger partial charge is 0.494 e. The van der Waals surface area contributed by atoms with Gasteiger partial charge in [0.25, 0.3) is 0 Å². The van der Waals surface area contributed by atoms with Gasteiger partial charge in [-0.2, -0.15) is 0 Å². The van der Waals surface area contributed by atoms with Crippen molar-refractivity contribution in [1.82, 2.24) is 9.88 Å². The van der Waals surface area contributed by atoms with Crippen LogP contribution in [0.2, 0.25) is 0 Å². The van der Waals surface area contributed by atoms with Crippen LogP contribution in [0.1, 0.15) is 22.8 Å². The highest BCUT2D eigenvalue weighted by Gasteiger charge is 2.17. The Labute approximate surface area is 224 Å². The molecule has 3 aromatic rings. The summed E-state index contributed by atoms with van der Waals surface area (Å²) in [6.45, 7) is 7.59. The van der Waals surface area contributed by atoms with Crippen molar-refractivity contribution in [3.8, 4) is 11.5 Å². The number of ether oxygens (including phenoxy) is 2. The summed E-state index contributed by atoms with van der Waals surface area (Å²) in [6, 6.07) is 14.0. The monoisotopic (exact) mass is 517 g/mol. The number of rotatable bonds is 13. The molecule has 0 aliphatic carbocycles. The number of nitrogens with one attached hydrogen (secondary N) is 2. The standard InChI is InChI=1S/C29H35N5O4/c1-7-28(35)32-23-18-24(26(37-6)19-25(23)34(5)16-15-33(3)4)31-27-17-21(13-14-30-27)29(36)20-9-11-22(12-10-20)38-8-2/h7,9-14,17-19H,1,8,15-16H2,2-6H3,(H,30,31)(H,32,35). The Kier molecular flexibility index (Phi) is 9.84. The minimum absolute atomic E-state index is 0.137. The Bertz CT molecular complexity index is 1270. The maximum Gasteiger partial charge on any atom is 0.247 e. The Morgan fingerprint density at radius 2 is 1.74 bits per heavy atom. The number of pyridine rings is 1. The van der Waals surface area contributed by atoms with Gasteiger partial charge >= 0.3 is 0 Å². The molecule has 0 radical (unpaired) electrons. The zero-order valence-electron chi connectivity index (χ0n) is 22.6. The lowest BCUT2D eigenvalue weighted by Gasteiger charge is -2.26. The molecule has 0 fully saturated rings. The van der Waals surface area contributed by atoms with Crippen LogP contribution < -0.4 is 25.0 Å². The average molecular weight is 518 g/mol. The van der Waals surface area contributed by atoms with E-state index in [1.165, 1.54) is 6.08 Å². The van der Waals surface area contributed by atoms with E-state index in [9.17, 15) is 9.59 Å². The first kappa shape index (κ1) is 28.2. The minimum atomic E-state index is -0.329. The molecule has 9 nitrogen and oxygen atoms in total. The molecule has 0 bridgehead atoms. The molecule has 3 rings (SSSR count). The van der Waals surface area contributed by atoms with Crippen molar-refractivity contribution < 1.29 is 19.1 Å². The van der Waals surface area contributed by atoms with Gasteiger partial charge in [-0.05, 0) is 69.6 Å². The van der Waals surface area contributed by atoms with Crippen LogP contribution in [0.5, 0.6) is 11.5 Å². The van der Waals surface area contributed by atoms with Gasteiger partial charge in [0.2, 0.25) is 5.91 Å². The van der Waals surface area contributed by atoms with Gasteiger partial charge in [-0.25, -0.2) is 4.98 Å². The van der Waals surface area contributed by atoms with Gasteiger partial charge in [-0.3, -0.25) is 9.59 Å². The van der Waals surface area contributed by atoms with E-state index in [1.807, 2.05) is 39.0 Å². The normalized spacial score (nSPS) is 10.6. The summed E-state index contributed by atoms with van der Waals surface area (Å²) in [6.07, 6.45) is 2.79. The molecule has 1 heterocycles. The summed E-state index contributed by atoms with van der Waals surface area (Å²) in [4.78, 5) is 33.8. The molecular weight excluding hydrogens is 482 g/mol. The van der Waals surface area contributed by atoms with E-state index in [-0.39, 0.29) is 11.7 Å². The van der Waals surface area contributed by atoms with Crippen LogP contribution in [0, 0.1) is 0 Å². The Balaban J connectivity index is 1.91. The van der Waals surface area contributed by atoms with E-state index >= 15 is 0 Å². The van der Waals surface area contributed by atoms with E-state index in [2.05, 4.69) is 27.1 Å².